The van der Waals surface area contributed by atoms with Gasteiger partial charge in [-0.25, -0.2) is 9.59 Å². The molecule has 0 spiro atoms. The molecular formula is C28H36N2O5. The van der Waals surface area contributed by atoms with E-state index in [2.05, 4.69) is 6.92 Å². The lowest BCUT2D eigenvalue weighted by Gasteiger charge is -2.28. The lowest BCUT2D eigenvalue weighted by atomic mass is 9.95. The Kier molecular flexibility index (Phi) is 10.2. The third-order valence-corrected chi connectivity index (χ3v) is 6.09. The van der Waals surface area contributed by atoms with E-state index in [1.807, 2.05) is 0 Å². The summed E-state index contributed by atoms with van der Waals surface area (Å²) in [5.74, 6) is -0.827. The molecule has 188 valence electrons. The van der Waals surface area contributed by atoms with E-state index >= 15 is 0 Å². The smallest absolute Gasteiger partial charge is 0.338 e. The topological polar surface area (TPSA) is 114 Å². The van der Waals surface area contributed by atoms with Crippen LogP contribution in [0.25, 0.3) is 6.08 Å². The molecule has 0 heterocycles. The Balaban J connectivity index is 1.40. The molecular weight excluding hydrogens is 444 g/mol. The van der Waals surface area contributed by atoms with Gasteiger partial charge in [-0.15, -0.1) is 0 Å². The number of nitrogens with two attached hydrogens (primary N) is 2. The molecule has 7 heteroatoms. The van der Waals surface area contributed by atoms with Gasteiger partial charge in [-0.1, -0.05) is 31.9 Å². The van der Waals surface area contributed by atoms with E-state index in [1.54, 1.807) is 48.5 Å². The van der Waals surface area contributed by atoms with Gasteiger partial charge in [-0.2, -0.15) is 0 Å². The average Bonchev–Trinajstić information content (AvgIpc) is 2.87. The normalized spacial score (nSPS) is 17.9. The van der Waals surface area contributed by atoms with Crippen LogP contribution >= 0.6 is 0 Å². The maximum absolute atomic E-state index is 12.5. The molecule has 0 radical (unpaired) electrons. The van der Waals surface area contributed by atoms with Crippen molar-refractivity contribution in [2.45, 2.75) is 70.7 Å². The number of carbonyl (C=O) groups excluding carboxylic acids is 2. The van der Waals surface area contributed by atoms with E-state index in [-0.39, 0.29) is 24.8 Å². The Morgan fingerprint density at radius 3 is 2.40 bits per heavy atom. The van der Waals surface area contributed by atoms with Crippen molar-refractivity contribution < 1.29 is 23.8 Å². The van der Waals surface area contributed by atoms with Gasteiger partial charge in [0, 0.05) is 29.6 Å². The number of hydrogen-bond donors (Lipinski definition) is 2. The second-order valence-electron chi connectivity index (χ2n) is 8.90. The summed E-state index contributed by atoms with van der Waals surface area (Å²) in [7, 11) is 0. The third-order valence-electron chi connectivity index (χ3n) is 6.09. The van der Waals surface area contributed by atoms with Crippen molar-refractivity contribution in [3.63, 3.8) is 0 Å². The maximum atomic E-state index is 12.5. The molecule has 0 saturated heterocycles. The summed E-state index contributed by atoms with van der Waals surface area (Å²) >= 11 is 0. The third kappa shape index (κ3) is 8.76. The second kappa shape index (κ2) is 13.5. The van der Waals surface area contributed by atoms with E-state index in [0.29, 0.717) is 22.5 Å². The van der Waals surface area contributed by atoms with Gasteiger partial charge >= 0.3 is 11.9 Å². The predicted molar refractivity (Wildman–Crippen MR) is 137 cm³/mol. The first-order valence-electron chi connectivity index (χ1n) is 12.4. The number of nitrogen functional groups attached to an aromatic ring is 2. The average molecular weight is 481 g/mol. The van der Waals surface area contributed by atoms with Crippen molar-refractivity contribution >= 4 is 29.4 Å². The fraction of sp³-hybridized carbons (Fsp3) is 0.429. The molecule has 4 N–H and O–H groups in total. The molecule has 0 aliphatic heterocycles. The Bertz CT molecular complexity index is 995. The van der Waals surface area contributed by atoms with Crippen LogP contribution in [0.3, 0.4) is 0 Å². The van der Waals surface area contributed by atoms with Crippen LogP contribution in [0.4, 0.5) is 11.4 Å². The molecule has 35 heavy (non-hydrogen) atoms. The molecule has 7 nitrogen and oxygen atoms in total. The van der Waals surface area contributed by atoms with Crippen LogP contribution in [0.15, 0.2) is 48.5 Å². The highest BCUT2D eigenvalue weighted by molar-refractivity contribution is 5.90. The minimum atomic E-state index is -0.500. The monoisotopic (exact) mass is 480 g/mol. The predicted octanol–water partition coefficient (Wildman–Crippen LogP) is 5.28. The Labute approximate surface area is 207 Å². The molecule has 3 rings (SSSR count). The Morgan fingerprint density at radius 2 is 1.69 bits per heavy atom. The van der Waals surface area contributed by atoms with Crippen molar-refractivity contribution in [1.29, 1.82) is 0 Å². The number of ether oxygens (including phenoxy) is 3. The van der Waals surface area contributed by atoms with Crippen molar-refractivity contribution in [3.05, 3.63) is 65.2 Å². The lowest BCUT2D eigenvalue weighted by molar-refractivity contribution is -0.138. The Hall–Kier alpha value is -3.32. The summed E-state index contributed by atoms with van der Waals surface area (Å²) in [5, 5.41) is 0. The SMILES string of the molecule is CCCCCOC1CCC(OC(=O)c2ccc(/C=C/C(=O)OCc3cc(N)ccc3N)cc2)CC1. The van der Waals surface area contributed by atoms with E-state index in [0.717, 1.165) is 44.3 Å². The van der Waals surface area contributed by atoms with Crippen LogP contribution in [0.1, 0.15) is 73.4 Å². The largest absolute Gasteiger partial charge is 0.459 e. The summed E-state index contributed by atoms with van der Waals surface area (Å²) in [6.45, 7) is 3.04. The molecule has 1 saturated carbocycles. The molecule has 0 amide bonds. The first-order chi connectivity index (χ1) is 16.9. The Morgan fingerprint density at radius 1 is 0.971 bits per heavy atom. The van der Waals surface area contributed by atoms with Crippen LogP contribution in [0.5, 0.6) is 0 Å². The van der Waals surface area contributed by atoms with Gasteiger partial charge in [0.2, 0.25) is 0 Å². The molecule has 0 bridgehead atoms. The number of unbranched alkanes of at least 4 members (excludes halogenated alkanes) is 2. The van der Waals surface area contributed by atoms with Gasteiger partial charge < -0.3 is 25.7 Å². The molecule has 0 unspecified atom stereocenters. The maximum Gasteiger partial charge on any atom is 0.338 e. The lowest BCUT2D eigenvalue weighted by Crippen LogP contribution is -2.28. The summed E-state index contributed by atoms with van der Waals surface area (Å²) < 4.78 is 16.9. The molecule has 2 aromatic rings. The highest BCUT2D eigenvalue weighted by Crippen LogP contribution is 2.25. The first kappa shape index (κ1) is 26.3. The number of benzene rings is 2. The molecule has 0 aromatic heterocycles. The minimum Gasteiger partial charge on any atom is -0.459 e. The van der Waals surface area contributed by atoms with Crippen molar-refractivity contribution in [3.8, 4) is 0 Å². The second-order valence-corrected chi connectivity index (χ2v) is 8.90. The zero-order chi connectivity index (χ0) is 25.0. The molecule has 1 aliphatic carbocycles. The zero-order valence-electron chi connectivity index (χ0n) is 20.4. The van der Waals surface area contributed by atoms with E-state index in [1.165, 1.54) is 18.9 Å². The minimum absolute atomic E-state index is 0.0394. The van der Waals surface area contributed by atoms with Crippen LogP contribution in [0, 0.1) is 0 Å². The number of anilines is 2. The van der Waals surface area contributed by atoms with E-state index < -0.39 is 5.97 Å². The van der Waals surface area contributed by atoms with Gasteiger partial charge in [0.1, 0.15) is 12.7 Å². The van der Waals surface area contributed by atoms with Gasteiger partial charge in [0.15, 0.2) is 0 Å². The fourth-order valence-electron chi connectivity index (χ4n) is 3.98. The number of carbonyl (C=O) groups is 2. The van der Waals surface area contributed by atoms with Gasteiger partial charge in [-0.05, 0) is 74.1 Å². The van der Waals surface area contributed by atoms with E-state index in [9.17, 15) is 9.59 Å². The first-order valence-corrected chi connectivity index (χ1v) is 12.4. The standard InChI is InChI=1S/C28H36N2O5/c1-2-3-4-17-33-24-11-13-25(14-12-24)35-28(32)21-8-5-20(6-9-21)7-16-27(31)34-19-22-18-23(29)10-15-26(22)30/h5-10,15-16,18,24-25H,2-4,11-14,17,19,29-30H2,1H3/b16-7+. The molecule has 2 aromatic carbocycles. The highest BCUT2D eigenvalue weighted by atomic mass is 16.5. The van der Waals surface area contributed by atoms with Gasteiger partial charge in [-0.3, -0.25) is 0 Å². The summed E-state index contributed by atoms with van der Waals surface area (Å²) in [6.07, 6.45) is 10.2. The van der Waals surface area contributed by atoms with Crippen LogP contribution in [-0.4, -0.2) is 30.8 Å². The quantitative estimate of drug-likeness (QED) is 0.195. The van der Waals surface area contributed by atoms with Crippen LogP contribution in [0.2, 0.25) is 0 Å². The summed E-state index contributed by atoms with van der Waals surface area (Å²) in [5.41, 5.74) is 14.6. The fourth-order valence-corrected chi connectivity index (χ4v) is 3.98. The summed E-state index contributed by atoms with van der Waals surface area (Å²) in [4.78, 5) is 24.6. The van der Waals surface area contributed by atoms with Gasteiger partial charge in [0.25, 0.3) is 0 Å². The molecule has 1 aliphatic rings. The summed E-state index contributed by atoms with van der Waals surface area (Å²) in [6, 6.07) is 12.0. The van der Waals surface area contributed by atoms with Crippen LogP contribution < -0.4 is 11.5 Å². The van der Waals surface area contributed by atoms with Crippen molar-refractivity contribution in [2.75, 3.05) is 18.1 Å². The van der Waals surface area contributed by atoms with Crippen LogP contribution in [-0.2, 0) is 25.6 Å². The zero-order valence-corrected chi connectivity index (χ0v) is 20.4. The van der Waals surface area contributed by atoms with Gasteiger partial charge in [0.05, 0.1) is 11.7 Å². The number of rotatable bonds is 11. The molecule has 0 atom stereocenters. The van der Waals surface area contributed by atoms with E-state index in [4.69, 9.17) is 25.7 Å². The number of hydrogen-bond acceptors (Lipinski definition) is 7. The van der Waals surface area contributed by atoms with Crippen molar-refractivity contribution in [1.82, 2.24) is 0 Å². The highest BCUT2D eigenvalue weighted by Gasteiger charge is 2.24. The molecule has 1 fully saturated rings. The van der Waals surface area contributed by atoms with Crippen molar-refractivity contribution in [2.24, 2.45) is 0 Å². The number of esters is 2.